The molecule has 0 radical (unpaired) electrons. The Kier molecular flexibility index (Phi) is 5.15. The predicted octanol–water partition coefficient (Wildman–Crippen LogP) is 2.60. The molecule has 0 saturated heterocycles. The van der Waals surface area contributed by atoms with Gasteiger partial charge in [0.05, 0.1) is 18.8 Å². The van der Waals surface area contributed by atoms with E-state index < -0.39 is 0 Å². The van der Waals surface area contributed by atoms with E-state index in [4.69, 9.17) is 9.47 Å². The van der Waals surface area contributed by atoms with E-state index in [-0.39, 0.29) is 6.10 Å². The number of halogens is 1. The molecule has 7 nitrogen and oxygen atoms in total. The summed E-state index contributed by atoms with van der Waals surface area (Å²) in [7, 11) is 1.74. The molecule has 0 amide bonds. The number of aliphatic imine (C=N–C) groups is 1. The van der Waals surface area contributed by atoms with Crippen LogP contribution in [-0.2, 0) is 6.54 Å². The fraction of sp³-hybridized carbons (Fsp3) is 0.263. The first-order valence-electron chi connectivity index (χ1n) is 8.67. The first kappa shape index (κ1) is 17.7. The van der Waals surface area contributed by atoms with Gasteiger partial charge < -0.3 is 24.5 Å². The summed E-state index contributed by atoms with van der Waals surface area (Å²) in [6, 6.07) is 11.6. The van der Waals surface area contributed by atoms with Gasteiger partial charge in [0.25, 0.3) is 0 Å². The minimum Gasteiger partial charge on any atom is -0.486 e. The predicted molar refractivity (Wildman–Crippen MR) is 107 cm³/mol. The quantitative estimate of drug-likeness (QED) is 0.492. The average Bonchev–Trinajstić information content (AvgIpc) is 3.10. The highest BCUT2D eigenvalue weighted by atomic mass is 79.9. The molecule has 2 N–H and O–H groups in total. The number of hydrogen-bond donors (Lipinski definition) is 2. The van der Waals surface area contributed by atoms with Gasteiger partial charge in [-0.1, -0.05) is 12.1 Å². The molecule has 1 unspecified atom stereocenters. The summed E-state index contributed by atoms with van der Waals surface area (Å²) in [5, 5.41) is 6.55. The van der Waals surface area contributed by atoms with Gasteiger partial charge >= 0.3 is 0 Å². The number of nitrogens with zero attached hydrogens (tertiary/aromatic N) is 3. The van der Waals surface area contributed by atoms with Crippen molar-refractivity contribution in [2.75, 3.05) is 20.2 Å². The third kappa shape index (κ3) is 4.16. The Morgan fingerprint density at radius 3 is 2.93 bits per heavy atom. The smallest absolute Gasteiger partial charge is 0.191 e. The zero-order valence-electron chi connectivity index (χ0n) is 14.9. The van der Waals surface area contributed by atoms with Crippen LogP contribution in [-0.4, -0.2) is 41.6 Å². The van der Waals surface area contributed by atoms with E-state index in [0.717, 1.165) is 27.3 Å². The van der Waals surface area contributed by atoms with Gasteiger partial charge in [-0.15, -0.1) is 0 Å². The number of ether oxygens (including phenoxy) is 2. The van der Waals surface area contributed by atoms with Crippen molar-refractivity contribution in [1.82, 2.24) is 20.0 Å². The molecule has 3 aromatic rings. The Morgan fingerprint density at radius 2 is 2.07 bits per heavy atom. The monoisotopic (exact) mass is 429 g/mol. The molecule has 0 spiro atoms. The van der Waals surface area contributed by atoms with Gasteiger partial charge in [0, 0.05) is 23.9 Å². The Labute approximate surface area is 165 Å². The van der Waals surface area contributed by atoms with Gasteiger partial charge in [0.1, 0.15) is 18.4 Å². The van der Waals surface area contributed by atoms with Crippen molar-refractivity contribution in [1.29, 1.82) is 0 Å². The van der Waals surface area contributed by atoms with Crippen molar-refractivity contribution in [3.05, 3.63) is 59.0 Å². The summed E-state index contributed by atoms with van der Waals surface area (Å²) >= 11 is 3.47. The van der Waals surface area contributed by atoms with Crippen molar-refractivity contribution in [3.63, 3.8) is 0 Å². The number of aromatic nitrogens is 2. The van der Waals surface area contributed by atoms with E-state index in [9.17, 15) is 0 Å². The number of para-hydroxylation sites is 2. The number of benzene rings is 1. The lowest BCUT2D eigenvalue weighted by Crippen LogP contribution is -2.45. The molecular formula is C19H20BrN5O2. The van der Waals surface area contributed by atoms with Crippen molar-refractivity contribution >= 4 is 27.5 Å². The van der Waals surface area contributed by atoms with Crippen LogP contribution in [0.2, 0.25) is 0 Å². The van der Waals surface area contributed by atoms with Crippen LogP contribution in [0.1, 0.15) is 5.69 Å². The number of nitrogens with one attached hydrogen (secondary N) is 2. The highest BCUT2D eigenvalue weighted by molar-refractivity contribution is 9.10. The minimum atomic E-state index is -0.0778. The van der Waals surface area contributed by atoms with Crippen LogP contribution in [0.5, 0.6) is 11.5 Å². The van der Waals surface area contributed by atoms with Gasteiger partial charge in [-0.3, -0.25) is 4.99 Å². The number of imidazole rings is 1. The molecule has 27 heavy (non-hydrogen) atoms. The molecule has 8 heteroatoms. The third-order valence-electron chi connectivity index (χ3n) is 4.19. The molecule has 0 aliphatic carbocycles. The molecule has 1 aromatic carbocycles. The molecular weight excluding hydrogens is 410 g/mol. The second-order valence-corrected chi connectivity index (χ2v) is 7.06. The normalized spacial score (nSPS) is 16.4. The first-order valence-corrected chi connectivity index (χ1v) is 9.47. The van der Waals surface area contributed by atoms with E-state index in [1.54, 1.807) is 7.05 Å². The van der Waals surface area contributed by atoms with Crippen LogP contribution < -0.4 is 20.1 Å². The molecule has 2 aromatic heterocycles. The minimum absolute atomic E-state index is 0.0778. The Balaban J connectivity index is 1.30. The molecule has 0 fully saturated rings. The standard InChI is InChI=1S/C19H20BrN5O2/c1-21-19(22-8-14-11-25-10-13(20)6-7-18(25)24-14)23-9-15-12-26-16-4-2-3-5-17(16)27-15/h2-7,10-11,15H,8-9,12H2,1H3,(H2,21,22,23). The molecule has 4 rings (SSSR count). The van der Waals surface area contributed by atoms with Gasteiger partial charge in [-0.05, 0) is 40.2 Å². The van der Waals surface area contributed by atoms with E-state index >= 15 is 0 Å². The summed E-state index contributed by atoms with van der Waals surface area (Å²) in [5.74, 6) is 2.25. The highest BCUT2D eigenvalue weighted by Gasteiger charge is 2.20. The zero-order valence-corrected chi connectivity index (χ0v) is 16.4. The second-order valence-electron chi connectivity index (χ2n) is 6.15. The molecule has 1 atom stereocenters. The molecule has 1 aliphatic rings. The summed E-state index contributed by atoms with van der Waals surface area (Å²) in [6.45, 7) is 1.66. The van der Waals surface area contributed by atoms with Gasteiger partial charge in [0.15, 0.2) is 17.5 Å². The van der Waals surface area contributed by atoms with Crippen LogP contribution in [0.4, 0.5) is 0 Å². The van der Waals surface area contributed by atoms with E-state index in [1.807, 2.05) is 53.2 Å². The van der Waals surface area contributed by atoms with Gasteiger partial charge in [-0.25, -0.2) is 4.98 Å². The van der Waals surface area contributed by atoms with Crippen molar-refractivity contribution < 1.29 is 9.47 Å². The van der Waals surface area contributed by atoms with Crippen molar-refractivity contribution in [2.45, 2.75) is 12.6 Å². The SMILES string of the molecule is CN=C(NCc1cn2cc(Br)ccc2n1)NCC1COc2ccccc2O1. The lowest BCUT2D eigenvalue weighted by atomic mass is 10.2. The van der Waals surface area contributed by atoms with Gasteiger partial charge in [-0.2, -0.15) is 0 Å². The third-order valence-corrected chi connectivity index (χ3v) is 4.66. The first-order chi connectivity index (χ1) is 13.2. The zero-order chi connectivity index (χ0) is 18.6. The second kappa shape index (κ2) is 7.87. The highest BCUT2D eigenvalue weighted by Crippen LogP contribution is 2.30. The number of pyridine rings is 1. The number of hydrogen-bond acceptors (Lipinski definition) is 4. The largest absolute Gasteiger partial charge is 0.486 e. The maximum atomic E-state index is 5.95. The summed E-state index contributed by atoms with van der Waals surface area (Å²) in [4.78, 5) is 8.84. The summed E-state index contributed by atoms with van der Waals surface area (Å²) in [6.07, 6.45) is 3.90. The van der Waals surface area contributed by atoms with E-state index in [0.29, 0.717) is 25.7 Å². The molecule has 140 valence electrons. The van der Waals surface area contributed by atoms with E-state index in [1.165, 1.54) is 0 Å². The fourth-order valence-corrected chi connectivity index (χ4v) is 3.22. The molecule has 3 heterocycles. The van der Waals surface area contributed by atoms with Crippen LogP contribution in [0.15, 0.2) is 58.3 Å². The maximum Gasteiger partial charge on any atom is 0.191 e. The molecule has 1 aliphatic heterocycles. The Morgan fingerprint density at radius 1 is 1.22 bits per heavy atom. The van der Waals surface area contributed by atoms with Crippen LogP contribution in [0.3, 0.4) is 0 Å². The van der Waals surface area contributed by atoms with Crippen LogP contribution in [0.25, 0.3) is 5.65 Å². The number of fused-ring (bicyclic) bond motifs is 2. The summed E-state index contributed by atoms with van der Waals surface area (Å²) < 4.78 is 14.7. The topological polar surface area (TPSA) is 72.2 Å². The van der Waals surface area contributed by atoms with Crippen molar-refractivity contribution in [3.8, 4) is 11.5 Å². The molecule has 0 saturated carbocycles. The van der Waals surface area contributed by atoms with Crippen LogP contribution in [0, 0.1) is 0 Å². The lowest BCUT2D eigenvalue weighted by molar-refractivity contribution is 0.0936. The Hall–Kier alpha value is -2.74. The average molecular weight is 430 g/mol. The fourth-order valence-electron chi connectivity index (χ4n) is 2.87. The van der Waals surface area contributed by atoms with E-state index in [2.05, 4.69) is 36.5 Å². The maximum absolute atomic E-state index is 5.95. The number of rotatable bonds is 4. The van der Waals surface area contributed by atoms with Crippen LogP contribution >= 0.6 is 15.9 Å². The number of guanidine groups is 1. The Bertz CT molecular complexity index is 972. The molecule has 0 bridgehead atoms. The van der Waals surface area contributed by atoms with Crippen molar-refractivity contribution in [2.24, 2.45) is 4.99 Å². The lowest BCUT2D eigenvalue weighted by Gasteiger charge is -2.27. The summed E-state index contributed by atoms with van der Waals surface area (Å²) in [5.41, 5.74) is 1.84. The van der Waals surface area contributed by atoms with Gasteiger partial charge in [0.2, 0.25) is 0 Å².